The third kappa shape index (κ3) is 4.40. The predicted molar refractivity (Wildman–Crippen MR) is 60.3 cm³/mol. The van der Waals surface area contributed by atoms with Gasteiger partial charge in [-0.25, -0.2) is 0 Å². The van der Waals surface area contributed by atoms with E-state index in [0.29, 0.717) is 6.54 Å². The molecule has 0 aliphatic heterocycles. The average Bonchev–Trinajstić information content (AvgIpc) is 2.17. The number of esters is 1. The minimum atomic E-state index is -0.236. The lowest BCUT2D eigenvalue weighted by Crippen LogP contribution is -2.26. The zero-order valence-corrected chi connectivity index (χ0v) is 10.3. The zero-order chi connectivity index (χ0) is 11.3. The molecule has 0 amide bonds. The summed E-state index contributed by atoms with van der Waals surface area (Å²) < 4.78 is 5.51. The maximum absolute atomic E-state index is 11.0. The van der Waals surface area contributed by atoms with Crippen LogP contribution in [0.2, 0.25) is 0 Å². The number of halogens is 1. The van der Waals surface area contributed by atoms with E-state index in [9.17, 15) is 4.79 Å². The Kier molecular flexibility index (Phi) is 4.71. The fourth-order valence-corrected chi connectivity index (χ4v) is 1.61. The molecule has 5 heteroatoms. The highest BCUT2D eigenvalue weighted by Crippen LogP contribution is 2.10. The first-order chi connectivity index (χ1) is 7.11. The molecular formula is C10H13BrN2O2. The van der Waals surface area contributed by atoms with Crippen molar-refractivity contribution in [3.8, 4) is 0 Å². The fourth-order valence-electron chi connectivity index (χ4n) is 1.19. The number of methoxy groups -OCH3 is 1. The van der Waals surface area contributed by atoms with E-state index in [1.165, 1.54) is 7.11 Å². The largest absolute Gasteiger partial charge is 0.468 e. The van der Waals surface area contributed by atoms with E-state index in [0.717, 1.165) is 10.0 Å². The van der Waals surface area contributed by atoms with Gasteiger partial charge in [0.2, 0.25) is 0 Å². The van der Waals surface area contributed by atoms with Gasteiger partial charge in [0.1, 0.15) is 0 Å². The molecule has 1 heterocycles. The van der Waals surface area contributed by atoms with Gasteiger partial charge in [0.25, 0.3) is 0 Å². The zero-order valence-electron chi connectivity index (χ0n) is 8.74. The van der Waals surface area contributed by atoms with Crippen LogP contribution in [0.5, 0.6) is 0 Å². The van der Waals surface area contributed by atoms with Crippen molar-refractivity contribution in [2.45, 2.75) is 6.54 Å². The summed E-state index contributed by atoms with van der Waals surface area (Å²) in [5, 5.41) is 0. The van der Waals surface area contributed by atoms with Crippen molar-refractivity contribution in [1.82, 2.24) is 9.88 Å². The van der Waals surface area contributed by atoms with Gasteiger partial charge in [-0.05, 0) is 34.6 Å². The van der Waals surface area contributed by atoms with Crippen LogP contribution in [0, 0.1) is 0 Å². The van der Waals surface area contributed by atoms with Crippen molar-refractivity contribution in [3.05, 3.63) is 28.5 Å². The molecule has 82 valence electrons. The molecule has 15 heavy (non-hydrogen) atoms. The summed E-state index contributed by atoms with van der Waals surface area (Å²) in [5.41, 5.74) is 1.05. The summed E-state index contributed by atoms with van der Waals surface area (Å²) in [6.07, 6.45) is 3.50. The first-order valence-corrected chi connectivity index (χ1v) is 5.26. The number of carbonyl (C=O) groups is 1. The summed E-state index contributed by atoms with van der Waals surface area (Å²) in [7, 11) is 3.24. The van der Waals surface area contributed by atoms with Crippen molar-refractivity contribution < 1.29 is 9.53 Å². The number of ether oxygens (including phenoxy) is 1. The van der Waals surface area contributed by atoms with Crippen molar-refractivity contribution >= 4 is 21.9 Å². The van der Waals surface area contributed by atoms with Gasteiger partial charge in [0.05, 0.1) is 13.7 Å². The number of hydrogen-bond acceptors (Lipinski definition) is 4. The van der Waals surface area contributed by atoms with E-state index >= 15 is 0 Å². The number of pyridine rings is 1. The number of hydrogen-bond donors (Lipinski definition) is 0. The minimum Gasteiger partial charge on any atom is -0.468 e. The Hall–Kier alpha value is -0.940. The van der Waals surface area contributed by atoms with Gasteiger partial charge in [-0.1, -0.05) is 0 Å². The van der Waals surface area contributed by atoms with Gasteiger partial charge in [0.15, 0.2) is 0 Å². The molecule has 0 saturated carbocycles. The standard InChI is InChI=1S/C10H13BrN2O2/c1-13(7-10(14)15-2)6-8-3-9(11)5-12-4-8/h3-5H,6-7H2,1-2H3. The molecule has 1 aromatic rings. The van der Waals surface area contributed by atoms with Crippen LogP contribution in [0.1, 0.15) is 5.56 Å². The van der Waals surface area contributed by atoms with E-state index in [-0.39, 0.29) is 12.5 Å². The summed E-state index contributed by atoms with van der Waals surface area (Å²) in [6, 6.07) is 1.97. The van der Waals surface area contributed by atoms with E-state index < -0.39 is 0 Å². The third-order valence-electron chi connectivity index (χ3n) is 1.84. The van der Waals surface area contributed by atoms with Crippen LogP contribution in [0.15, 0.2) is 22.9 Å². The first-order valence-electron chi connectivity index (χ1n) is 4.46. The van der Waals surface area contributed by atoms with Crippen LogP contribution in [0.4, 0.5) is 0 Å². The van der Waals surface area contributed by atoms with E-state index in [1.807, 2.05) is 18.0 Å². The van der Waals surface area contributed by atoms with Crippen molar-refractivity contribution in [2.75, 3.05) is 20.7 Å². The molecule has 0 unspecified atom stereocenters. The first kappa shape index (κ1) is 12.1. The molecule has 0 aliphatic rings. The second-order valence-electron chi connectivity index (χ2n) is 3.26. The van der Waals surface area contributed by atoms with Gasteiger partial charge < -0.3 is 4.74 Å². The van der Waals surface area contributed by atoms with Crippen LogP contribution in [-0.2, 0) is 16.1 Å². The molecule has 4 nitrogen and oxygen atoms in total. The lowest BCUT2D eigenvalue weighted by molar-refractivity contribution is -0.141. The Morgan fingerprint density at radius 2 is 2.33 bits per heavy atom. The molecule has 1 rings (SSSR count). The maximum atomic E-state index is 11.0. The number of nitrogens with zero attached hydrogens (tertiary/aromatic N) is 2. The second kappa shape index (κ2) is 5.82. The number of rotatable bonds is 4. The van der Waals surface area contributed by atoms with E-state index in [2.05, 4.69) is 25.7 Å². The molecule has 1 aromatic heterocycles. The minimum absolute atomic E-state index is 0.236. The van der Waals surface area contributed by atoms with Crippen LogP contribution in [-0.4, -0.2) is 36.6 Å². The van der Waals surface area contributed by atoms with Gasteiger partial charge in [-0.15, -0.1) is 0 Å². The van der Waals surface area contributed by atoms with Crippen molar-refractivity contribution in [1.29, 1.82) is 0 Å². The highest BCUT2D eigenvalue weighted by molar-refractivity contribution is 9.10. The Morgan fingerprint density at radius 3 is 2.93 bits per heavy atom. The molecule has 0 bridgehead atoms. The fraction of sp³-hybridized carbons (Fsp3) is 0.400. The van der Waals surface area contributed by atoms with E-state index in [4.69, 9.17) is 0 Å². The quantitative estimate of drug-likeness (QED) is 0.779. The molecule has 0 spiro atoms. The predicted octanol–water partition coefficient (Wildman–Crippen LogP) is 1.45. The number of carbonyl (C=O) groups excluding carboxylic acids is 1. The molecule has 0 saturated heterocycles. The van der Waals surface area contributed by atoms with Crippen LogP contribution < -0.4 is 0 Å². The van der Waals surface area contributed by atoms with Gasteiger partial charge >= 0.3 is 5.97 Å². The van der Waals surface area contributed by atoms with Gasteiger partial charge in [-0.2, -0.15) is 0 Å². The Balaban J connectivity index is 2.51. The Bertz CT molecular complexity index is 344. The smallest absolute Gasteiger partial charge is 0.319 e. The van der Waals surface area contributed by atoms with E-state index in [1.54, 1.807) is 12.4 Å². The Morgan fingerprint density at radius 1 is 1.60 bits per heavy atom. The van der Waals surface area contributed by atoms with Crippen molar-refractivity contribution in [2.24, 2.45) is 0 Å². The molecule has 0 fully saturated rings. The van der Waals surface area contributed by atoms with Crippen LogP contribution in [0.3, 0.4) is 0 Å². The molecular weight excluding hydrogens is 260 g/mol. The SMILES string of the molecule is COC(=O)CN(C)Cc1cncc(Br)c1. The molecule has 0 atom stereocenters. The van der Waals surface area contributed by atoms with Gasteiger partial charge in [-0.3, -0.25) is 14.7 Å². The second-order valence-corrected chi connectivity index (χ2v) is 4.18. The molecule has 0 N–H and O–H groups in total. The van der Waals surface area contributed by atoms with Crippen LogP contribution in [0.25, 0.3) is 0 Å². The molecule has 0 aliphatic carbocycles. The Labute approximate surface area is 97.4 Å². The number of likely N-dealkylation sites (N-methyl/N-ethyl adjacent to an activating group) is 1. The number of aromatic nitrogens is 1. The van der Waals surface area contributed by atoms with Gasteiger partial charge in [0, 0.05) is 23.4 Å². The summed E-state index contributed by atoms with van der Waals surface area (Å²) in [4.78, 5) is 16.9. The third-order valence-corrected chi connectivity index (χ3v) is 2.27. The average molecular weight is 273 g/mol. The topological polar surface area (TPSA) is 42.4 Å². The highest BCUT2D eigenvalue weighted by Gasteiger charge is 2.06. The highest BCUT2D eigenvalue weighted by atomic mass is 79.9. The van der Waals surface area contributed by atoms with Crippen molar-refractivity contribution in [3.63, 3.8) is 0 Å². The van der Waals surface area contributed by atoms with Crippen LogP contribution >= 0.6 is 15.9 Å². The summed E-state index contributed by atoms with van der Waals surface area (Å²) >= 11 is 3.34. The molecule has 0 radical (unpaired) electrons. The normalized spacial score (nSPS) is 10.4. The summed E-state index contributed by atoms with van der Waals surface area (Å²) in [6.45, 7) is 0.949. The maximum Gasteiger partial charge on any atom is 0.319 e. The summed E-state index contributed by atoms with van der Waals surface area (Å²) in [5.74, 6) is -0.236. The lowest BCUT2D eigenvalue weighted by Gasteiger charge is -2.14. The molecule has 0 aromatic carbocycles. The monoisotopic (exact) mass is 272 g/mol. The lowest BCUT2D eigenvalue weighted by atomic mass is 10.3.